The second-order valence-electron chi connectivity index (χ2n) is 7.22. The van der Waals surface area contributed by atoms with Gasteiger partial charge in [-0.1, -0.05) is 29.8 Å². The number of halogens is 1. The smallest absolute Gasteiger partial charge is 0.321 e. The summed E-state index contributed by atoms with van der Waals surface area (Å²) in [4.78, 5) is 31.3. The predicted molar refractivity (Wildman–Crippen MR) is 117 cm³/mol. The monoisotopic (exact) mass is 424 g/mol. The zero-order valence-electron chi connectivity index (χ0n) is 16.1. The Kier molecular flexibility index (Phi) is 5.72. The summed E-state index contributed by atoms with van der Waals surface area (Å²) < 4.78 is 0. The Balaban J connectivity index is 1.35. The number of piperidine rings is 1. The van der Waals surface area contributed by atoms with Gasteiger partial charge in [-0.3, -0.25) is 9.78 Å². The molecule has 30 heavy (non-hydrogen) atoms. The lowest BCUT2D eigenvalue weighted by Crippen LogP contribution is -2.43. The Bertz CT molecular complexity index is 1090. The molecule has 0 bridgehead atoms. The standard InChI is InChI=1S/C22H21ClN4O3/c23-16-6-7-19(28)18(13-16)25-21(29)15-8-11-27(12-9-15)22(30)26-17-5-1-3-14-4-2-10-24-20(14)17/h1-7,10,13,15,28H,8-9,11-12H2,(H,25,29)(H,26,30). The molecule has 0 aliphatic carbocycles. The summed E-state index contributed by atoms with van der Waals surface area (Å²) in [6.45, 7) is 0.924. The van der Waals surface area contributed by atoms with Crippen LogP contribution in [0.1, 0.15) is 12.8 Å². The number of phenols is 1. The van der Waals surface area contributed by atoms with Crippen molar-refractivity contribution in [2.75, 3.05) is 23.7 Å². The van der Waals surface area contributed by atoms with E-state index in [4.69, 9.17) is 11.6 Å². The highest BCUT2D eigenvalue weighted by Gasteiger charge is 2.28. The van der Waals surface area contributed by atoms with Gasteiger partial charge in [-0.05, 0) is 43.2 Å². The van der Waals surface area contributed by atoms with Crippen LogP contribution in [0.15, 0.2) is 54.7 Å². The van der Waals surface area contributed by atoms with Crippen molar-refractivity contribution in [1.82, 2.24) is 9.88 Å². The van der Waals surface area contributed by atoms with Crippen molar-refractivity contribution in [3.63, 3.8) is 0 Å². The van der Waals surface area contributed by atoms with Gasteiger partial charge in [0.05, 0.1) is 16.9 Å². The van der Waals surface area contributed by atoms with Gasteiger partial charge in [0.2, 0.25) is 5.91 Å². The molecule has 3 aromatic rings. The maximum absolute atomic E-state index is 12.7. The highest BCUT2D eigenvalue weighted by atomic mass is 35.5. The van der Waals surface area contributed by atoms with E-state index in [1.165, 1.54) is 12.1 Å². The molecule has 8 heteroatoms. The molecule has 4 rings (SSSR count). The number of benzene rings is 2. The largest absolute Gasteiger partial charge is 0.506 e. The van der Waals surface area contributed by atoms with E-state index >= 15 is 0 Å². The number of phenolic OH excluding ortho intramolecular Hbond substituents is 1. The first-order chi connectivity index (χ1) is 14.5. The number of carbonyl (C=O) groups excluding carboxylic acids is 2. The zero-order chi connectivity index (χ0) is 21.1. The van der Waals surface area contributed by atoms with Gasteiger partial charge in [-0.15, -0.1) is 0 Å². The molecule has 0 spiro atoms. The average molecular weight is 425 g/mol. The van der Waals surface area contributed by atoms with Crippen molar-refractivity contribution in [3.8, 4) is 5.75 Å². The fourth-order valence-corrected chi connectivity index (χ4v) is 3.76. The molecule has 0 radical (unpaired) electrons. The van der Waals surface area contributed by atoms with Crippen molar-refractivity contribution in [2.45, 2.75) is 12.8 Å². The SMILES string of the molecule is O=C(Nc1cc(Cl)ccc1O)C1CCN(C(=O)Nc2cccc3cccnc23)CC1. The number of aromatic nitrogens is 1. The number of hydrogen-bond donors (Lipinski definition) is 3. The lowest BCUT2D eigenvalue weighted by molar-refractivity contribution is -0.121. The number of rotatable bonds is 3. The molecule has 1 aliphatic rings. The topological polar surface area (TPSA) is 94.6 Å². The summed E-state index contributed by atoms with van der Waals surface area (Å²) >= 11 is 5.92. The van der Waals surface area contributed by atoms with Crippen LogP contribution in [-0.2, 0) is 4.79 Å². The van der Waals surface area contributed by atoms with Crippen molar-refractivity contribution in [1.29, 1.82) is 0 Å². The number of likely N-dealkylation sites (tertiary alicyclic amines) is 1. The number of pyridine rings is 1. The first-order valence-electron chi connectivity index (χ1n) is 9.70. The maximum atomic E-state index is 12.7. The first kappa shape index (κ1) is 20.0. The van der Waals surface area contributed by atoms with Crippen molar-refractivity contribution in [2.24, 2.45) is 5.92 Å². The lowest BCUT2D eigenvalue weighted by Gasteiger charge is -2.31. The minimum absolute atomic E-state index is 0.0340. The Morgan fingerprint density at radius 1 is 1.03 bits per heavy atom. The summed E-state index contributed by atoms with van der Waals surface area (Å²) in [6, 6.07) is 13.7. The van der Waals surface area contributed by atoms with Gasteiger partial charge in [0.15, 0.2) is 0 Å². The van der Waals surface area contributed by atoms with Gasteiger partial charge in [0, 0.05) is 35.6 Å². The molecule has 1 saturated heterocycles. The number of para-hydroxylation sites is 1. The fourth-order valence-electron chi connectivity index (χ4n) is 3.59. The molecule has 0 unspecified atom stereocenters. The van der Waals surface area contributed by atoms with Crippen molar-refractivity contribution >= 4 is 45.8 Å². The molecule has 3 N–H and O–H groups in total. The molecule has 7 nitrogen and oxygen atoms in total. The van der Waals surface area contributed by atoms with E-state index in [9.17, 15) is 14.7 Å². The Labute approximate surface area is 178 Å². The summed E-state index contributed by atoms with van der Waals surface area (Å²) in [5.41, 5.74) is 1.69. The van der Waals surface area contributed by atoms with E-state index in [2.05, 4.69) is 15.6 Å². The molecule has 3 amide bonds. The maximum Gasteiger partial charge on any atom is 0.321 e. The van der Waals surface area contributed by atoms with Crippen LogP contribution >= 0.6 is 11.6 Å². The predicted octanol–water partition coefficient (Wildman–Crippen LogP) is 4.48. The van der Waals surface area contributed by atoms with Gasteiger partial charge in [0.25, 0.3) is 0 Å². The molecule has 2 aromatic carbocycles. The Hall–Kier alpha value is -3.32. The number of anilines is 2. The Morgan fingerprint density at radius 3 is 2.60 bits per heavy atom. The van der Waals surface area contributed by atoms with Gasteiger partial charge in [0.1, 0.15) is 5.75 Å². The van der Waals surface area contributed by atoms with Gasteiger partial charge in [-0.25, -0.2) is 4.79 Å². The average Bonchev–Trinajstić information content (AvgIpc) is 2.76. The van der Waals surface area contributed by atoms with E-state index in [0.717, 1.165) is 10.9 Å². The number of nitrogens with one attached hydrogen (secondary N) is 2. The third-order valence-corrected chi connectivity index (χ3v) is 5.48. The second-order valence-corrected chi connectivity index (χ2v) is 7.66. The molecule has 1 fully saturated rings. The van der Waals surface area contributed by atoms with Crippen LogP contribution in [0, 0.1) is 5.92 Å². The highest BCUT2D eigenvalue weighted by molar-refractivity contribution is 6.31. The van der Waals surface area contributed by atoms with Crippen LogP contribution in [0.5, 0.6) is 5.75 Å². The number of hydrogen-bond acceptors (Lipinski definition) is 4. The Morgan fingerprint density at radius 2 is 1.80 bits per heavy atom. The van der Waals surface area contributed by atoms with Gasteiger partial charge in [-0.2, -0.15) is 0 Å². The summed E-state index contributed by atoms with van der Waals surface area (Å²) in [6.07, 6.45) is 2.77. The highest BCUT2D eigenvalue weighted by Crippen LogP contribution is 2.28. The minimum Gasteiger partial charge on any atom is -0.506 e. The van der Waals surface area contributed by atoms with Crippen LogP contribution < -0.4 is 10.6 Å². The summed E-state index contributed by atoms with van der Waals surface area (Å²) in [5, 5.41) is 16.9. The number of aromatic hydroxyl groups is 1. The quantitative estimate of drug-likeness (QED) is 0.540. The zero-order valence-corrected chi connectivity index (χ0v) is 16.9. The lowest BCUT2D eigenvalue weighted by atomic mass is 9.96. The van der Waals surface area contributed by atoms with Crippen LogP contribution in [-0.4, -0.2) is 40.0 Å². The van der Waals surface area contributed by atoms with Gasteiger partial charge < -0.3 is 20.6 Å². The normalized spacial score (nSPS) is 14.5. The molecule has 0 saturated carbocycles. The molecule has 2 heterocycles. The third-order valence-electron chi connectivity index (χ3n) is 5.24. The van der Waals surface area contributed by atoms with Crippen molar-refractivity contribution < 1.29 is 14.7 Å². The minimum atomic E-state index is -0.244. The van der Waals surface area contributed by atoms with Crippen LogP contribution in [0.3, 0.4) is 0 Å². The first-order valence-corrected chi connectivity index (χ1v) is 10.1. The number of fused-ring (bicyclic) bond motifs is 1. The molecule has 0 atom stereocenters. The summed E-state index contributed by atoms with van der Waals surface area (Å²) in [7, 11) is 0. The summed E-state index contributed by atoms with van der Waals surface area (Å²) in [5.74, 6) is -0.467. The van der Waals surface area contributed by atoms with Crippen LogP contribution in [0.4, 0.5) is 16.2 Å². The van der Waals surface area contributed by atoms with E-state index in [1.54, 1.807) is 17.2 Å². The van der Waals surface area contributed by atoms with E-state index < -0.39 is 0 Å². The second kappa shape index (κ2) is 8.59. The van der Waals surface area contributed by atoms with Gasteiger partial charge >= 0.3 is 6.03 Å². The third kappa shape index (κ3) is 4.31. The molecular formula is C22H21ClN4O3. The number of nitrogens with zero attached hydrogens (tertiary/aromatic N) is 2. The number of carbonyl (C=O) groups is 2. The van der Waals surface area contributed by atoms with Crippen molar-refractivity contribution in [3.05, 3.63) is 59.8 Å². The van der Waals surface area contributed by atoms with E-state index in [-0.39, 0.29) is 29.3 Å². The molecule has 154 valence electrons. The van der Waals surface area contributed by atoms with Crippen LogP contribution in [0.25, 0.3) is 10.9 Å². The molecule has 1 aliphatic heterocycles. The van der Waals surface area contributed by atoms with Crippen LogP contribution in [0.2, 0.25) is 5.02 Å². The molecule has 1 aromatic heterocycles. The van der Waals surface area contributed by atoms with E-state index in [1.807, 2.05) is 30.3 Å². The molecular weight excluding hydrogens is 404 g/mol. The van der Waals surface area contributed by atoms with E-state index in [0.29, 0.717) is 36.6 Å². The fraction of sp³-hybridized carbons (Fsp3) is 0.227. The number of urea groups is 1. The number of amides is 3.